The number of carboxylic acids is 1. The molecule has 4 saturated carbocycles. The standard InChI is InChI=1S/C62H86N6O13S/c1-36(44-16-17-45-43-15-13-40-31-41(69)20-22-61(40,7)46(43)33-50-62(44,45)81-50)12-19-52(71)65-48(58(75)76)11-9-10-23-64-51(70)21-27-78-29-30-79-28-26-68(59(77)80-42-14-18-47-49(32-42)82-53(35-63)66-47)25-24-67(8)54(72)34-60(5,6)55-39(4)56(73)37(2)38(3)57(55)74/h14,18,32,36,40-41,43-46,48,50,69,73-74H,3-4,9-13,15-17,19-31,33-34H2,1-2,5-8H3,(H,64,70)(H,65,71)(H,75,76). The van der Waals surface area contributed by atoms with Crippen LogP contribution in [0.15, 0.2) is 18.2 Å². The summed E-state index contributed by atoms with van der Waals surface area (Å²) in [6.45, 7) is 18.9. The number of rotatable bonds is 27. The zero-order chi connectivity index (χ0) is 59.3. The van der Waals surface area contributed by atoms with Crippen LogP contribution in [0.4, 0.5) is 4.79 Å². The number of ether oxygens (including phenoxy) is 4. The molecule has 5 fully saturated rings. The van der Waals surface area contributed by atoms with Crippen LogP contribution in [0.3, 0.4) is 0 Å². The van der Waals surface area contributed by atoms with Gasteiger partial charge in [-0.1, -0.05) is 40.9 Å². The fourth-order valence-corrected chi connectivity index (χ4v) is 15.5. The number of phenols is 2. The van der Waals surface area contributed by atoms with E-state index in [1.165, 1.54) is 40.4 Å². The molecule has 3 aromatic rings. The first-order valence-electron chi connectivity index (χ1n) is 29.5. The Morgan fingerprint density at radius 3 is 2.44 bits per heavy atom. The Bertz CT molecular complexity index is 2980. The normalized spacial score (nSPS) is 26.0. The molecular weight excluding hydrogens is 1070 g/mol. The first-order chi connectivity index (χ1) is 39.0. The molecule has 8 rings (SSSR count). The largest absolute Gasteiger partial charge is 0.507 e. The van der Waals surface area contributed by atoms with Crippen LogP contribution in [0.1, 0.15) is 140 Å². The maximum Gasteiger partial charge on any atom is 0.415 e. The first-order valence-corrected chi connectivity index (χ1v) is 30.3. The summed E-state index contributed by atoms with van der Waals surface area (Å²) in [6.07, 6.45) is 10.5. The van der Waals surface area contributed by atoms with Gasteiger partial charge >= 0.3 is 12.1 Å². The lowest BCUT2D eigenvalue weighted by Crippen LogP contribution is -2.54. The van der Waals surface area contributed by atoms with Crippen LogP contribution >= 0.6 is 11.3 Å². The number of carbonyl (C=O) groups is 5. The third-order valence-electron chi connectivity index (χ3n) is 19.4. The van der Waals surface area contributed by atoms with Gasteiger partial charge in [-0.15, -0.1) is 11.3 Å². The van der Waals surface area contributed by atoms with Crippen molar-refractivity contribution in [3.8, 4) is 23.3 Å². The maximum atomic E-state index is 13.6. The maximum absolute atomic E-state index is 13.6. The van der Waals surface area contributed by atoms with Crippen LogP contribution in [0.2, 0.25) is 0 Å². The van der Waals surface area contributed by atoms with Gasteiger partial charge in [-0.25, -0.2) is 14.6 Å². The number of carboxylic acid groups (broad SMARTS) is 1. The third kappa shape index (κ3) is 13.7. The average molecular weight is 1160 g/mol. The molecule has 0 radical (unpaired) electrons. The van der Waals surface area contributed by atoms with Gasteiger partial charge < -0.3 is 59.8 Å². The summed E-state index contributed by atoms with van der Waals surface area (Å²) in [5, 5.41) is 57.7. The van der Waals surface area contributed by atoms with Crippen LogP contribution < -0.4 is 25.8 Å². The minimum atomic E-state index is -1.08. The molecule has 1 saturated heterocycles. The number of benzene rings is 2. The number of hydrogen-bond acceptors (Lipinski definition) is 15. The van der Waals surface area contributed by atoms with Gasteiger partial charge in [0.15, 0.2) is 5.01 Å². The molecule has 2 aromatic carbocycles. The van der Waals surface area contributed by atoms with Crippen LogP contribution in [-0.4, -0.2) is 148 Å². The number of nitrogens with zero attached hydrogens (tertiary/aromatic N) is 4. The lowest BCUT2D eigenvalue weighted by molar-refractivity contribution is -0.142. The molecule has 4 aliphatic carbocycles. The van der Waals surface area contributed by atoms with E-state index in [1.54, 1.807) is 46.0 Å². The Kier molecular flexibility index (Phi) is 20.0. The Hall–Kier alpha value is -5.85. The monoisotopic (exact) mass is 1150 g/mol. The second kappa shape index (κ2) is 26.4. The summed E-state index contributed by atoms with van der Waals surface area (Å²) < 4.78 is 24.6. The smallest absolute Gasteiger partial charge is 0.415 e. The van der Waals surface area contributed by atoms with Gasteiger partial charge in [-0.2, -0.15) is 5.26 Å². The fourth-order valence-electron chi connectivity index (χ4n) is 14.7. The van der Waals surface area contributed by atoms with E-state index < -0.39 is 23.5 Å². The van der Waals surface area contributed by atoms with E-state index in [0.29, 0.717) is 76.7 Å². The molecule has 1 aromatic heterocycles. The number of aromatic nitrogens is 1. The predicted molar refractivity (Wildman–Crippen MR) is 309 cm³/mol. The number of likely N-dealkylation sites (N-methyl/N-ethyl adjacent to an activating group) is 1. The summed E-state index contributed by atoms with van der Waals surface area (Å²) in [7, 11) is 1.60. The van der Waals surface area contributed by atoms with Crippen molar-refractivity contribution < 1.29 is 63.3 Å². The molecule has 4 amide bonds. The molecule has 1 aliphatic heterocycles. The molecule has 5 aliphatic rings. The number of phenolic OH excluding ortho intramolecular Hbond substituents is 2. The Morgan fingerprint density at radius 1 is 0.939 bits per heavy atom. The molecule has 11 atom stereocenters. The molecule has 19 nitrogen and oxygen atoms in total. The van der Waals surface area contributed by atoms with Crippen LogP contribution in [-0.2, 0) is 38.8 Å². The van der Waals surface area contributed by atoms with Gasteiger partial charge in [0, 0.05) is 85.5 Å². The van der Waals surface area contributed by atoms with Gasteiger partial charge in [0.1, 0.15) is 35.0 Å². The third-order valence-corrected chi connectivity index (χ3v) is 20.3. The van der Waals surface area contributed by atoms with Gasteiger partial charge in [-0.3, -0.25) is 14.4 Å². The van der Waals surface area contributed by atoms with Crippen molar-refractivity contribution in [3.63, 3.8) is 0 Å². The molecule has 2 heterocycles. The molecule has 448 valence electrons. The van der Waals surface area contributed by atoms with Gasteiger partial charge in [-0.05, 0) is 137 Å². The van der Waals surface area contributed by atoms with Crippen molar-refractivity contribution in [2.24, 2.45) is 40.9 Å². The number of aliphatic carboxylic acids is 1. The van der Waals surface area contributed by atoms with Crippen molar-refractivity contribution in [2.75, 3.05) is 59.7 Å². The highest BCUT2D eigenvalue weighted by Crippen LogP contribution is 2.72. The second-order valence-electron chi connectivity index (χ2n) is 24.9. The van der Waals surface area contributed by atoms with E-state index in [2.05, 4.69) is 42.6 Å². The van der Waals surface area contributed by atoms with Crippen LogP contribution in [0, 0.1) is 59.2 Å². The van der Waals surface area contributed by atoms with Crippen molar-refractivity contribution >= 4 is 64.5 Å². The number of thiazole rings is 1. The van der Waals surface area contributed by atoms with Crippen LogP contribution in [0.5, 0.6) is 17.2 Å². The van der Waals surface area contributed by atoms with E-state index in [0.717, 1.165) is 32.1 Å². The van der Waals surface area contributed by atoms with Crippen molar-refractivity contribution in [1.29, 1.82) is 5.26 Å². The minimum absolute atomic E-state index is 0.0533. The van der Waals surface area contributed by atoms with Gasteiger partial charge in [0.2, 0.25) is 17.7 Å². The second-order valence-corrected chi connectivity index (χ2v) is 25.9. The van der Waals surface area contributed by atoms with Crippen molar-refractivity contribution in [3.05, 3.63) is 44.8 Å². The number of carbonyl (C=O) groups excluding carboxylic acids is 4. The highest BCUT2D eigenvalue weighted by Gasteiger charge is 2.75. The molecule has 20 heteroatoms. The number of hydrogen-bond donors (Lipinski definition) is 6. The number of aliphatic hydroxyl groups is 1. The topological polar surface area (TPSA) is 274 Å². The minimum Gasteiger partial charge on any atom is -0.507 e. The molecule has 1 spiro atoms. The highest BCUT2D eigenvalue weighted by molar-refractivity contribution is 7.19. The van der Waals surface area contributed by atoms with E-state index >= 15 is 0 Å². The van der Waals surface area contributed by atoms with Gasteiger partial charge in [0.05, 0.1) is 48.9 Å². The molecule has 11 unspecified atom stereocenters. The number of aromatic hydroxyl groups is 2. The lowest BCUT2D eigenvalue weighted by atomic mass is 9.46. The number of unbranched alkanes of at least 4 members (excludes halogenated alkanes) is 1. The Balaban J connectivity index is 0.704. The molecule has 0 bridgehead atoms. The van der Waals surface area contributed by atoms with E-state index in [1.807, 2.05) is 6.07 Å². The SMILES string of the molecule is C=c1c(C)c(O)c(=C)c(C(C)(C)CC(=O)N(C)CCN(CCOCCOCCC(=O)NCCCCC(NC(=O)CCC(C)C2CCC3C4CCC5CC(O)CCC5(C)C4CC4OC423)C(=O)O)C(=O)Oc2ccc3nc(C#N)sc3c2)c1O. The zero-order valence-electron chi connectivity index (χ0n) is 48.8. The average Bonchev–Trinajstić information content (AvgIpc) is 2.68. The summed E-state index contributed by atoms with van der Waals surface area (Å²) in [5.41, 5.74) is 0.595. The first kappa shape index (κ1) is 62.2. The number of amides is 4. The number of epoxide rings is 1. The number of aliphatic hydroxyl groups excluding tert-OH is 1. The van der Waals surface area contributed by atoms with Gasteiger partial charge in [0.25, 0.3) is 0 Å². The molecule has 6 N–H and O–H groups in total. The fraction of sp³-hybridized carbons (Fsp3) is 0.661. The predicted octanol–water partition coefficient (Wildman–Crippen LogP) is 6.79. The number of nitriles is 1. The molecular formula is C62H86N6O13S. The molecule has 82 heavy (non-hydrogen) atoms. The van der Waals surface area contributed by atoms with Crippen molar-refractivity contribution in [1.82, 2.24) is 25.4 Å². The van der Waals surface area contributed by atoms with E-state index in [9.17, 15) is 49.7 Å². The lowest BCUT2D eigenvalue weighted by Gasteiger charge is -2.58. The zero-order valence-corrected chi connectivity index (χ0v) is 49.6. The van der Waals surface area contributed by atoms with E-state index in [-0.39, 0.29) is 151 Å². The highest BCUT2D eigenvalue weighted by atomic mass is 32.1. The Morgan fingerprint density at radius 2 is 1.70 bits per heavy atom. The number of nitrogens with one attached hydrogen (secondary N) is 2. The van der Waals surface area contributed by atoms with E-state index in [4.69, 9.17) is 18.9 Å². The summed E-state index contributed by atoms with van der Waals surface area (Å²) in [5.74, 6) is 1.35. The summed E-state index contributed by atoms with van der Waals surface area (Å²) >= 11 is 1.17. The summed E-state index contributed by atoms with van der Waals surface area (Å²) in [4.78, 5) is 72.3. The number of fused-ring (bicyclic) bond motifs is 5. The van der Waals surface area contributed by atoms with Crippen molar-refractivity contribution in [2.45, 2.75) is 160 Å². The van der Waals surface area contributed by atoms with Crippen LogP contribution in [0.25, 0.3) is 23.4 Å². The quantitative estimate of drug-likeness (QED) is 0.0260. The summed E-state index contributed by atoms with van der Waals surface area (Å²) in [6, 6.07) is 5.88. The Labute approximate surface area is 485 Å².